The zero-order valence-corrected chi connectivity index (χ0v) is 9.24. The fourth-order valence-electron chi connectivity index (χ4n) is 2.62. The summed E-state index contributed by atoms with van der Waals surface area (Å²) in [4.78, 5) is 3.27. The Morgan fingerprint density at radius 3 is 2.67 bits per heavy atom. The third-order valence-electron chi connectivity index (χ3n) is 3.48. The van der Waals surface area contributed by atoms with Gasteiger partial charge in [-0.15, -0.1) is 0 Å². The molecule has 1 heterocycles. The van der Waals surface area contributed by atoms with E-state index in [4.69, 9.17) is 0 Å². The highest BCUT2D eigenvalue weighted by Gasteiger charge is 2.27. The lowest BCUT2D eigenvalue weighted by atomic mass is 9.81. The summed E-state index contributed by atoms with van der Waals surface area (Å²) < 4.78 is 0. The second-order valence-corrected chi connectivity index (χ2v) is 4.46. The molecule has 0 radical (unpaired) electrons. The molecular weight excluding hydrogens is 188 g/mol. The van der Waals surface area contributed by atoms with Crippen molar-refractivity contribution in [2.24, 2.45) is 5.92 Å². The maximum atomic E-state index is 9.48. The average molecular weight is 208 g/mol. The molecule has 0 bridgehead atoms. The number of nitrogens with one attached hydrogen (secondary N) is 2. The number of hydrogen-bond donors (Lipinski definition) is 3. The number of rotatable bonds is 3. The molecule has 0 aromatic carbocycles. The lowest BCUT2D eigenvalue weighted by Crippen LogP contribution is -2.30. The third-order valence-corrected chi connectivity index (χ3v) is 3.48. The van der Waals surface area contributed by atoms with Crippen LogP contribution in [0.15, 0.2) is 18.3 Å². The van der Waals surface area contributed by atoms with Crippen LogP contribution in [0, 0.1) is 5.92 Å². The SMILES string of the molecule is CNC(c1ccc[nH]1)C1CCC(O)CC1. The summed E-state index contributed by atoms with van der Waals surface area (Å²) >= 11 is 0. The second-order valence-electron chi connectivity index (χ2n) is 4.46. The molecule has 0 amide bonds. The Hall–Kier alpha value is -0.800. The van der Waals surface area contributed by atoms with Crippen molar-refractivity contribution in [2.45, 2.75) is 37.8 Å². The van der Waals surface area contributed by atoms with Crippen molar-refractivity contribution in [3.63, 3.8) is 0 Å². The summed E-state index contributed by atoms with van der Waals surface area (Å²) in [6, 6.07) is 4.58. The van der Waals surface area contributed by atoms with Crippen molar-refractivity contribution in [2.75, 3.05) is 7.05 Å². The molecule has 15 heavy (non-hydrogen) atoms. The van der Waals surface area contributed by atoms with Crippen molar-refractivity contribution in [3.8, 4) is 0 Å². The monoisotopic (exact) mass is 208 g/mol. The average Bonchev–Trinajstić information content (AvgIpc) is 2.75. The first-order valence-electron chi connectivity index (χ1n) is 5.80. The summed E-state index contributed by atoms with van der Waals surface area (Å²) in [6.45, 7) is 0. The number of aliphatic hydroxyl groups excluding tert-OH is 1. The summed E-state index contributed by atoms with van der Waals surface area (Å²) in [5.41, 5.74) is 1.26. The molecule has 3 nitrogen and oxygen atoms in total. The fraction of sp³-hybridized carbons (Fsp3) is 0.667. The van der Waals surface area contributed by atoms with Crippen LogP contribution in [0.4, 0.5) is 0 Å². The van der Waals surface area contributed by atoms with Gasteiger partial charge in [0.25, 0.3) is 0 Å². The van der Waals surface area contributed by atoms with Crippen molar-refractivity contribution >= 4 is 0 Å². The van der Waals surface area contributed by atoms with E-state index in [1.165, 1.54) is 5.69 Å². The van der Waals surface area contributed by atoms with E-state index >= 15 is 0 Å². The molecule has 1 fully saturated rings. The smallest absolute Gasteiger partial charge is 0.0540 e. The first-order valence-corrected chi connectivity index (χ1v) is 5.80. The molecule has 1 aliphatic carbocycles. The van der Waals surface area contributed by atoms with Crippen LogP contribution < -0.4 is 5.32 Å². The van der Waals surface area contributed by atoms with Gasteiger partial charge < -0.3 is 15.4 Å². The molecule has 84 valence electrons. The maximum absolute atomic E-state index is 9.48. The van der Waals surface area contributed by atoms with Crippen LogP contribution in [0.2, 0.25) is 0 Å². The van der Waals surface area contributed by atoms with E-state index in [0.29, 0.717) is 12.0 Å². The minimum atomic E-state index is -0.0672. The number of hydrogen-bond acceptors (Lipinski definition) is 2. The molecule has 0 spiro atoms. The highest BCUT2D eigenvalue weighted by molar-refractivity contribution is 5.10. The highest BCUT2D eigenvalue weighted by atomic mass is 16.3. The first-order chi connectivity index (χ1) is 7.31. The van der Waals surface area contributed by atoms with Crippen molar-refractivity contribution in [1.29, 1.82) is 0 Å². The summed E-state index contributed by atoms with van der Waals surface area (Å²) in [7, 11) is 2.01. The Labute approximate surface area is 90.9 Å². The molecule has 0 saturated heterocycles. The van der Waals surface area contributed by atoms with Gasteiger partial charge in [0, 0.05) is 17.9 Å². The molecule has 1 atom stereocenters. The first kappa shape index (κ1) is 10.7. The normalized spacial score (nSPS) is 28.9. The standard InChI is InChI=1S/C12H20N2O/c1-13-12(11-3-2-8-14-11)9-4-6-10(15)7-5-9/h2-3,8-10,12-15H,4-7H2,1H3. The summed E-state index contributed by atoms with van der Waals surface area (Å²) in [5, 5.41) is 12.9. The van der Waals surface area contributed by atoms with Crippen LogP contribution in [0.1, 0.15) is 37.4 Å². The van der Waals surface area contributed by atoms with E-state index in [0.717, 1.165) is 25.7 Å². The highest BCUT2D eigenvalue weighted by Crippen LogP contribution is 2.33. The predicted octanol–water partition coefficient (Wildman–Crippen LogP) is 1.83. The van der Waals surface area contributed by atoms with Gasteiger partial charge in [0.05, 0.1) is 6.10 Å². The Morgan fingerprint density at radius 2 is 2.13 bits per heavy atom. The van der Waals surface area contributed by atoms with Crippen molar-refractivity contribution in [3.05, 3.63) is 24.0 Å². The Balaban J connectivity index is 2.01. The van der Waals surface area contributed by atoms with E-state index in [2.05, 4.69) is 16.4 Å². The number of aliphatic hydroxyl groups is 1. The zero-order valence-electron chi connectivity index (χ0n) is 9.24. The molecule has 1 saturated carbocycles. The van der Waals surface area contributed by atoms with Gasteiger partial charge in [-0.2, -0.15) is 0 Å². The quantitative estimate of drug-likeness (QED) is 0.709. The number of aromatic nitrogens is 1. The van der Waals surface area contributed by atoms with Gasteiger partial charge in [-0.1, -0.05) is 0 Å². The van der Waals surface area contributed by atoms with E-state index in [1.807, 2.05) is 19.3 Å². The van der Waals surface area contributed by atoms with Crippen LogP contribution in [0.25, 0.3) is 0 Å². The fourth-order valence-corrected chi connectivity index (χ4v) is 2.62. The van der Waals surface area contributed by atoms with Crippen LogP contribution in [-0.2, 0) is 0 Å². The zero-order chi connectivity index (χ0) is 10.7. The van der Waals surface area contributed by atoms with E-state index in [9.17, 15) is 5.11 Å². The largest absolute Gasteiger partial charge is 0.393 e. The summed E-state index contributed by atoms with van der Waals surface area (Å²) in [5.74, 6) is 0.650. The molecule has 0 aliphatic heterocycles. The van der Waals surface area contributed by atoms with Crippen molar-refractivity contribution in [1.82, 2.24) is 10.3 Å². The Bertz CT molecular complexity index is 276. The van der Waals surface area contributed by atoms with Gasteiger partial charge in [0.2, 0.25) is 0 Å². The maximum Gasteiger partial charge on any atom is 0.0540 e. The number of aromatic amines is 1. The van der Waals surface area contributed by atoms with E-state index in [1.54, 1.807) is 0 Å². The molecule has 1 unspecified atom stereocenters. The molecule has 3 N–H and O–H groups in total. The van der Waals surface area contributed by atoms with Gasteiger partial charge in [-0.3, -0.25) is 0 Å². The molecule has 1 aromatic rings. The lowest BCUT2D eigenvalue weighted by molar-refractivity contribution is 0.0977. The van der Waals surface area contributed by atoms with E-state index in [-0.39, 0.29) is 6.10 Å². The molecule has 2 rings (SSSR count). The van der Waals surface area contributed by atoms with Crippen LogP contribution in [-0.4, -0.2) is 23.2 Å². The Kier molecular flexibility index (Phi) is 3.44. The van der Waals surface area contributed by atoms with Crippen LogP contribution in [0.3, 0.4) is 0 Å². The van der Waals surface area contributed by atoms with Gasteiger partial charge in [0.15, 0.2) is 0 Å². The third kappa shape index (κ3) is 2.41. The van der Waals surface area contributed by atoms with Crippen LogP contribution >= 0.6 is 0 Å². The van der Waals surface area contributed by atoms with Gasteiger partial charge in [0.1, 0.15) is 0 Å². The Morgan fingerprint density at radius 1 is 1.40 bits per heavy atom. The van der Waals surface area contributed by atoms with Gasteiger partial charge in [-0.25, -0.2) is 0 Å². The number of H-pyrrole nitrogens is 1. The molecule has 1 aliphatic rings. The van der Waals surface area contributed by atoms with Gasteiger partial charge in [-0.05, 0) is 50.8 Å². The predicted molar refractivity (Wildman–Crippen MR) is 60.6 cm³/mol. The van der Waals surface area contributed by atoms with E-state index < -0.39 is 0 Å². The van der Waals surface area contributed by atoms with Crippen molar-refractivity contribution < 1.29 is 5.11 Å². The van der Waals surface area contributed by atoms with Gasteiger partial charge >= 0.3 is 0 Å². The topological polar surface area (TPSA) is 48.0 Å². The lowest BCUT2D eigenvalue weighted by Gasteiger charge is -2.31. The second kappa shape index (κ2) is 4.81. The minimum absolute atomic E-state index is 0.0672. The van der Waals surface area contributed by atoms with Crippen LogP contribution in [0.5, 0.6) is 0 Å². The molecule has 3 heteroatoms. The summed E-state index contributed by atoms with van der Waals surface area (Å²) in [6.07, 6.45) is 6.03. The molecule has 1 aromatic heterocycles. The molecular formula is C12H20N2O. The minimum Gasteiger partial charge on any atom is -0.393 e.